The molecular formula is C28H31N3O6. The summed E-state index contributed by atoms with van der Waals surface area (Å²) in [4.78, 5) is 54.0. The van der Waals surface area contributed by atoms with Crippen molar-refractivity contribution in [1.29, 1.82) is 0 Å². The van der Waals surface area contributed by atoms with Gasteiger partial charge in [-0.2, -0.15) is 0 Å². The van der Waals surface area contributed by atoms with E-state index in [4.69, 9.17) is 9.47 Å². The maximum atomic E-state index is 13.4. The van der Waals surface area contributed by atoms with Crippen molar-refractivity contribution >= 4 is 34.8 Å². The molecule has 1 saturated carbocycles. The number of nitrogens with one attached hydrogen (secondary N) is 1. The minimum atomic E-state index is -0.908. The number of fused-ring (bicyclic) bond motifs is 1. The van der Waals surface area contributed by atoms with Crippen molar-refractivity contribution in [3.05, 3.63) is 47.5 Å². The Kier molecular flexibility index (Phi) is 7.23. The second-order valence-electron chi connectivity index (χ2n) is 9.68. The summed E-state index contributed by atoms with van der Waals surface area (Å²) in [6.07, 6.45) is 3.87. The monoisotopic (exact) mass is 505 g/mol. The first kappa shape index (κ1) is 25.0. The van der Waals surface area contributed by atoms with Gasteiger partial charge in [-0.3, -0.25) is 29.0 Å². The van der Waals surface area contributed by atoms with E-state index in [2.05, 4.69) is 10.2 Å². The van der Waals surface area contributed by atoms with Gasteiger partial charge in [0.1, 0.15) is 23.9 Å². The number of likely N-dealkylation sites (tertiary alicyclic amines) is 1. The molecule has 1 aliphatic carbocycles. The number of imide groups is 1. The summed E-state index contributed by atoms with van der Waals surface area (Å²) in [6, 6.07) is 9.50. The van der Waals surface area contributed by atoms with Crippen LogP contribution in [-0.4, -0.2) is 72.6 Å². The number of carbonyl (C=O) groups is 4. The molecule has 0 radical (unpaired) electrons. The van der Waals surface area contributed by atoms with Gasteiger partial charge in [-0.25, -0.2) is 0 Å². The normalized spacial score (nSPS) is 20.2. The third-order valence-electron chi connectivity index (χ3n) is 7.26. The van der Waals surface area contributed by atoms with Gasteiger partial charge in [-0.15, -0.1) is 0 Å². The van der Waals surface area contributed by atoms with E-state index in [0.717, 1.165) is 24.5 Å². The zero-order valence-corrected chi connectivity index (χ0v) is 21.0. The SMILES string of the molecule is COc1cc(OCCN2CCCCC2)ccc1Nc1cccc2c1C(=O)N(C1CCC(=O)CC1=O)C2=O. The largest absolute Gasteiger partial charge is 0.494 e. The summed E-state index contributed by atoms with van der Waals surface area (Å²) < 4.78 is 11.5. The second-order valence-corrected chi connectivity index (χ2v) is 9.68. The quantitative estimate of drug-likeness (QED) is 0.429. The molecule has 2 heterocycles. The average Bonchev–Trinajstić information content (AvgIpc) is 3.16. The summed E-state index contributed by atoms with van der Waals surface area (Å²) in [5, 5.41) is 3.22. The highest BCUT2D eigenvalue weighted by Gasteiger charge is 2.45. The Balaban J connectivity index is 1.32. The number of hydrogen-bond donors (Lipinski definition) is 1. The molecule has 5 rings (SSSR count). The molecule has 0 aromatic heterocycles. The van der Waals surface area contributed by atoms with E-state index in [9.17, 15) is 19.2 Å². The van der Waals surface area contributed by atoms with E-state index >= 15 is 0 Å². The van der Waals surface area contributed by atoms with Crippen LogP contribution >= 0.6 is 0 Å². The van der Waals surface area contributed by atoms with Crippen molar-refractivity contribution in [2.24, 2.45) is 0 Å². The number of anilines is 2. The van der Waals surface area contributed by atoms with Gasteiger partial charge < -0.3 is 14.8 Å². The number of hydrogen-bond acceptors (Lipinski definition) is 8. The van der Waals surface area contributed by atoms with E-state index in [-0.39, 0.29) is 36.2 Å². The fourth-order valence-corrected chi connectivity index (χ4v) is 5.31. The molecule has 1 unspecified atom stereocenters. The fraction of sp³-hybridized carbons (Fsp3) is 0.429. The Labute approximate surface area is 215 Å². The van der Waals surface area contributed by atoms with Crippen molar-refractivity contribution in [3.63, 3.8) is 0 Å². The first-order valence-electron chi connectivity index (χ1n) is 12.8. The third kappa shape index (κ3) is 5.09. The lowest BCUT2D eigenvalue weighted by atomic mass is 9.92. The highest BCUT2D eigenvalue weighted by Crippen LogP contribution is 2.37. The summed E-state index contributed by atoms with van der Waals surface area (Å²) in [7, 11) is 1.56. The van der Waals surface area contributed by atoms with Gasteiger partial charge in [0.25, 0.3) is 11.8 Å². The van der Waals surface area contributed by atoms with Gasteiger partial charge in [0, 0.05) is 19.0 Å². The standard InChI is InChI=1S/C28H31N3O6/c1-36-25-17-19(37-15-14-30-12-3-2-4-13-30)9-10-21(25)29-22-7-5-6-20-26(22)28(35)31(27(20)34)23-11-8-18(32)16-24(23)33/h5-7,9-10,17,23,29H,2-4,8,11-16H2,1H3. The number of methoxy groups -OCH3 is 1. The number of Topliss-reactive ketones (excluding diaryl/α,β-unsaturated/α-hetero) is 2. The van der Waals surface area contributed by atoms with Crippen LogP contribution in [0.1, 0.15) is 59.2 Å². The van der Waals surface area contributed by atoms with Gasteiger partial charge in [0.05, 0.1) is 42.1 Å². The Morgan fingerprint density at radius 3 is 2.54 bits per heavy atom. The van der Waals surface area contributed by atoms with Gasteiger partial charge in [0.15, 0.2) is 5.78 Å². The number of nitrogens with zero attached hydrogens (tertiary/aromatic N) is 2. The average molecular weight is 506 g/mol. The minimum Gasteiger partial charge on any atom is -0.494 e. The van der Waals surface area contributed by atoms with E-state index < -0.39 is 23.6 Å². The van der Waals surface area contributed by atoms with Crippen LogP contribution in [-0.2, 0) is 9.59 Å². The Bertz CT molecular complexity index is 1240. The lowest BCUT2D eigenvalue weighted by Gasteiger charge is -2.27. The van der Waals surface area contributed by atoms with Crippen molar-refractivity contribution < 1.29 is 28.7 Å². The van der Waals surface area contributed by atoms with Crippen LogP contribution < -0.4 is 14.8 Å². The van der Waals surface area contributed by atoms with Crippen LogP contribution in [0.5, 0.6) is 11.5 Å². The van der Waals surface area contributed by atoms with E-state index in [1.165, 1.54) is 19.3 Å². The topological polar surface area (TPSA) is 105 Å². The molecule has 9 nitrogen and oxygen atoms in total. The molecule has 9 heteroatoms. The zero-order chi connectivity index (χ0) is 25.9. The number of rotatable bonds is 8. The maximum Gasteiger partial charge on any atom is 0.264 e. The number of ketones is 2. The van der Waals surface area contributed by atoms with Crippen LogP contribution in [0.25, 0.3) is 0 Å². The molecule has 1 N–H and O–H groups in total. The maximum absolute atomic E-state index is 13.4. The van der Waals surface area contributed by atoms with Gasteiger partial charge in [-0.1, -0.05) is 12.5 Å². The summed E-state index contributed by atoms with van der Waals surface area (Å²) in [5.41, 5.74) is 1.49. The predicted molar refractivity (Wildman–Crippen MR) is 137 cm³/mol. The van der Waals surface area contributed by atoms with Gasteiger partial charge >= 0.3 is 0 Å². The molecule has 194 valence electrons. The first-order valence-corrected chi connectivity index (χ1v) is 12.8. The third-order valence-corrected chi connectivity index (χ3v) is 7.26. The summed E-state index contributed by atoms with van der Waals surface area (Å²) in [5.74, 6) is -0.389. The number of amides is 2. The van der Waals surface area contributed by atoms with Gasteiger partial charge in [-0.05, 0) is 56.6 Å². The molecule has 2 aromatic carbocycles. The highest BCUT2D eigenvalue weighted by atomic mass is 16.5. The molecule has 2 amide bonds. The Morgan fingerprint density at radius 1 is 0.973 bits per heavy atom. The zero-order valence-electron chi connectivity index (χ0n) is 21.0. The summed E-state index contributed by atoms with van der Waals surface area (Å²) >= 11 is 0. The smallest absolute Gasteiger partial charge is 0.264 e. The molecule has 2 aliphatic heterocycles. The van der Waals surface area contributed by atoms with Crippen LogP contribution in [0.4, 0.5) is 11.4 Å². The molecule has 1 saturated heterocycles. The van der Waals surface area contributed by atoms with E-state index in [1.54, 1.807) is 31.4 Å². The number of piperidine rings is 1. The molecule has 1 atom stereocenters. The second kappa shape index (κ2) is 10.7. The minimum absolute atomic E-state index is 0.161. The van der Waals surface area contributed by atoms with Crippen molar-refractivity contribution in [2.75, 3.05) is 38.7 Å². The first-order chi connectivity index (χ1) is 18.0. The van der Waals surface area contributed by atoms with Crippen LogP contribution in [0, 0.1) is 0 Å². The molecule has 0 bridgehead atoms. The van der Waals surface area contributed by atoms with Crippen LogP contribution in [0.3, 0.4) is 0 Å². The molecule has 3 aliphatic rings. The number of carbonyl (C=O) groups excluding carboxylic acids is 4. The molecular weight excluding hydrogens is 474 g/mol. The van der Waals surface area contributed by atoms with Crippen molar-refractivity contribution in [2.45, 2.75) is 44.6 Å². The van der Waals surface area contributed by atoms with E-state index in [1.807, 2.05) is 12.1 Å². The molecule has 37 heavy (non-hydrogen) atoms. The van der Waals surface area contributed by atoms with E-state index in [0.29, 0.717) is 29.5 Å². The summed E-state index contributed by atoms with van der Waals surface area (Å²) in [6.45, 7) is 3.69. The number of ether oxygens (including phenoxy) is 2. The Hall–Kier alpha value is -3.72. The lowest BCUT2D eigenvalue weighted by Crippen LogP contribution is -2.47. The van der Waals surface area contributed by atoms with Gasteiger partial charge in [0.2, 0.25) is 0 Å². The van der Waals surface area contributed by atoms with Crippen LogP contribution in [0.15, 0.2) is 36.4 Å². The molecule has 0 spiro atoms. The highest BCUT2D eigenvalue weighted by molar-refractivity contribution is 6.26. The van der Waals surface area contributed by atoms with Crippen molar-refractivity contribution in [3.8, 4) is 11.5 Å². The number of benzene rings is 2. The van der Waals surface area contributed by atoms with Crippen LogP contribution in [0.2, 0.25) is 0 Å². The fourth-order valence-electron chi connectivity index (χ4n) is 5.31. The lowest BCUT2D eigenvalue weighted by molar-refractivity contribution is -0.132. The molecule has 2 fully saturated rings. The Morgan fingerprint density at radius 2 is 1.78 bits per heavy atom. The predicted octanol–water partition coefficient (Wildman–Crippen LogP) is 3.59. The molecule has 2 aromatic rings. The van der Waals surface area contributed by atoms with Crippen molar-refractivity contribution in [1.82, 2.24) is 9.80 Å².